The molecule has 0 bridgehead atoms. The van der Waals surface area contributed by atoms with Crippen LogP contribution in [-0.4, -0.2) is 74.6 Å². The number of amides is 2. The van der Waals surface area contributed by atoms with Gasteiger partial charge in [-0.1, -0.05) is 11.8 Å². The molecule has 1 aromatic carbocycles. The largest absolute Gasteiger partial charge is 0.444 e. The molecule has 2 fully saturated rings. The van der Waals surface area contributed by atoms with Crippen molar-refractivity contribution in [2.75, 3.05) is 41.9 Å². The zero-order valence-corrected chi connectivity index (χ0v) is 20.6. The first kappa shape index (κ1) is 24.4. The summed E-state index contributed by atoms with van der Waals surface area (Å²) in [5, 5.41) is 2.88. The number of carbonyl (C=O) groups excluding carboxylic acids is 2. The number of hydrogen-bond donors (Lipinski definition) is 1. The molecule has 2 saturated heterocycles. The van der Waals surface area contributed by atoms with E-state index in [0.717, 1.165) is 11.4 Å². The summed E-state index contributed by atoms with van der Waals surface area (Å²) in [6.45, 7) is 5.39. The van der Waals surface area contributed by atoms with E-state index in [1.165, 1.54) is 11.8 Å². The smallest absolute Gasteiger partial charge is 0.407 e. The van der Waals surface area contributed by atoms with E-state index in [9.17, 15) is 18.0 Å². The van der Waals surface area contributed by atoms with Crippen molar-refractivity contribution in [2.45, 2.75) is 44.1 Å². The monoisotopic (exact) mass is 482 g/mol. The van der Waals surface area contributed by atoms with Gasteiger partial charge in [-0.15, -0.1) is 0 Å². The number of thioether (sulfide) groups is 1. The van der Waals surface area contributed by atoms with Crippen LogP contribution in [0.15, 0.2) is 29.3 Å². The minimum Gasteiger partial charge on any atom is -0.444 e. The summed E-state index contributed by atoms with van der Waals surface area (Å²) in [7, 11) is 0.753. The number of ether oxygens (including phenoxy) is 1. The Morgan fingerprint density at radius 1 is 1.22 bits per heavy atom. The fourth-order valence-corrected chi connectivity index (χ4v) is 7.46. The zero-order valence-electron chi connectivity index (χ0n) is 19.0. The lowest BCUT2D eigenvalue weighted by Gasteiger charge is -2.25. The van der Waals surface area contributed by atoms with Crippen LogP contribution in [-0.2, 0) is 19.4 Å². The Kier molecular flexibility index (Phi) is 7.09. The predicted octanol–water partition coefficient (Wildman–Crippen LogP) is 2.27. The van der Waals surface area contributed by atoms with Gasteiger partial charge in [0.25, 0.3) is 0 Å². The number of sulfone groups is 1. The summed E-state index contributed by atoms with van der Waals surface area (Å²) in [5.41, 5.74) is 1.19. The molecule has 0 aromatic heterocycles. The second-order valence-corrected chi connectivity index (χ2v) is 12.4. The van der Waals surface area contributed by atoms with E-state index in [4.69, 9.17) is 4.74 Å². The Labute approximate surface area is 193 Å². The molecule has 2 aliphatic heterocycles. The van der Waals surface area contributed by atoms with Crippen LogP contribution in [0.3, 0.4) is 0 Å². The van der Waals surface area contributed by atoms with Crippen LogP contribution < -0.4 is 15.1 Å². The Morgan fingerprint density at radius 2 is 1.88 bits per heavy atom. The first-order chi connectivity index (χ1) is 14.8. The first-order valence-corrected chi connectivity index (χ1v) is 13.1. The van der Waals surface area contributed by atoms with Crippen molar-refractivity contribution >= 4 is 50.1 Å². The van der Waals surface area contributed by atoms with Crippen molar-refractivity contribution in [3.8, 4) is 0 Å². The molecule has 0 aliphatic carbocycles. The summed E-state index contributed by atoms with van der Waals surface area (Å²) >= 11 is 1.33. The summed E-state index contributed by atoms with van der Waals surface area (Å²) in [4.78, 5) is 32.3. The van der Waals surface area contributed by atoms with Gasteiger partial charge in [-0.25, -0.2) is 13.2 Å². The molecule has 0 spiro atoms. The van der Waals surface area contributed by atoms with Gasteiger partial charge in [0.05, 0.1) is 17.5 Å². The SMILES string of the molecule is CN(C)c1ccc(N2C(=NC(=O)CCNC(=O)OC(C)(C)C)SC3CS(=O)(=O)CC32)cc1. The molecule has 11 heteroatoms. The third-order valence-corrected chi connectivity index (χ3v) is 8.15. The van der Waals surface area contributed by atoms with Crippen LogP contribution in [0, 0.1) is 0 Å². The van der Waals surface area contributed by atoms with Gasteiger partial charge in [-0.3, -0.25) is 4.79 Å². The highest BCUT2D eigenvalue weighted by molar-refractivity contribution is 8.16. The number of carbonyl (C=O) groups is 2. The number of alkyl carbamates (subject to hydrolysis) is 1. The molecule has 176 valence electrons. The Bertz CT molecular complexity index is 1000. The maximum absolute atomic E-state index is 12.5. The molecule has 0 saturated carbocycles. The van der Waals surface area contributed by atoms with Gasteiger partial charge in [0, 0.05) is 43.7 Å². The van der Waals surface area contributed by atoms with Gasteiger partial charge in [0.15, 0.2) is 15.0 Å². The summed E-state index contributed by atoms with van der Waals surface area (Å²) in [6.07, 6.45) is -0.569. The van der Waals surface area contributed by atoms with Crippen molar-refractivity contribution in [2.24, 2.45) is 4.99 Å². The van der Waals surface area contributed by atoms with Crippen LogP contribution in [0.5, 0.6) is 0 Å². The van der Waals surface area contributed by atoms with E-state index >= 15 is 0 Å². The third kappa shape index (κ3) is 6.16. The molecular formula is C21H30N4O5S2. The second-order valence-electron chi connectivity index (χ2n) is 9.05. The molecule has 32 heavy (non-hydrogen) atoms. The van der Waals surface area contributed by atoms with Crippen molar-refractivity contribution in [1.82, 2.24) is 5.32 Å². The number of benzene rings is 1. The van der Waals surface area contributed by atoms with Crippen LogP contribution in [0.4, 0.5) is 16.2 Å². The van der Waals surface area contributed by atoms with Gasteiger partial charge in [0.2, 0.25) is 5.91 Å². The molecule has 1 N–H and O–H groups in total. The molecule has 2 unspecified atom stereocenters. The van der Waals surface area contributed by atoms with Crippen LogP contribution in [0.1, 0.15) is 27.2 Å². The fourth-order valence-electron chi connectivity index (χ4n) is 3.53. The summed E-state index contributed by atoms with van der Waals surface area (Å²) in [5.74, 6) is -0.281. The molecule has 3 rings (SSSR count). The normalized spacial score (nSPS) is 23.2. The van der Waals surface area contributed by atoms with Crippen molar-refractivity contribution in [3.63, 3.8) is 0 Å². The molecule has 0 radical (unpaired) electrons. The quantitative estimate of drug-likeness (QED) is 0.681. The van der Waals surface area contributed by atoms with E-state index in [0.29, 0.717) is 5.17 Å². The average molecular weight is 483 g/mol. The first-order valence-electron chi connectivity index (χ1n) is 10.4. The van der Waals surface area contributed by atoms with Crippen molar-refractivity contribution < 1.29 is 22.7 Å². The molecule has 2 amide bonds. The Hall–Kier alpha value is -2.27. The highest BCUT2D eigenvalue weighted by atomic mass is 32.2. The minimum atomic E-state index is -3.13. The highest BCUT2D eigenvalue weighted by Crippen LogP contribution is 2.41. The van der Waals surface area contributed by atoms with Crippen LogP contribution in [0.2, 0.25) is 0 Å². The fraction of sp³-hybridized carbons (Fsp3) is 0.571. The number of aliphatic imine (C=N–C) groups is 1. The van der Waals surface area contributed by atoms with Gasteiger partial charge in [-0.05, 0) is 45.0 Å². The van der Waals surface area contributed by atoms with E-state index in [1.807, 2.05) is 48.2 Å². The van der Waals surface area contributed by atoms with Crippen molar-refractivity contribution in [1.29, 1.82) is 0 Å². The molecule has 2 atom stereocenters. The molecule has 9 nitrogen and oxygen atoms in total. The lowest BCUT2D eigenvalue weighted by Crippen LogP contribution is -2.38. The van der Waals surface area contributed by atoms with Crippen LogP contribution >= 0.6 is 11.8 Å². The predicted molar refractivity (Wildman–Crippen MR) is 128 cm³/mol. The van der Waals surface area contributed by atoms with Gasteiger partial charge < -0.3 is 19.9 Å². The lowest BCUT2D eigenvalue weighted by atomic mass is 10.2. The number of nitrogens with one attached hydrogen (secondary N) is 1. The van der Waals surface area contributed by atoms with Gasteiger partial charge in [-0.2, -0.15) is 4.99 Å². The molecule has 1 aromatic rings. The summed E-state index contributed by atoms with van der Waals surface area (Å²) in [6, 6.07) is 7.45. The maximum Gasteiger partial charge on any atom is 0.407 e. The van der Waals surface area contributed by atoms with Gasteiger partial charge >= 0.3 is 6.09 Å². The lowest BCUT2D eigenvalue weighted by molar-refractivity contribution is -0.117. The highest BCUT2D eigenvalue weighted by Gasteiger charge is 2.49. The molecule has 2 heterocycles. The number of hydrogen-bond acceptors (Lipinski definition) is 7. The van der Waals surface area contributed by atoms with E-state index in [1.54, 1.807) is 20.8 Å². The number of nitrogens with zero attached hydrogens (tertiary/aromatic N) is 3. The maximum atomic E-state index is 12.5. The van der Waals surface area contributed by atoms with E-state index in [-0.39, 0.29) is 41.7 Å². The zero-order chi connectivity index (χ0) is 23.7. The van der Waals surface area contributed by atoms with Crippen LogP contribution in [0.25, 0.3) is 0 Å². The standard InChI is InChI=1S/C21H30N4O5S2/c1-21(2,3)30-20(27)22-11-10-18(26)23-19-25(15-8-6-14(7-9-15)24(4)5)16-12-32(28,29)13-17(16)31-19/h6-9,16-17H,10-13H2,1-5H3,(H,22,27). The average Bonchev–Trinajstić information content (AvgIpc) is 3.10. The Balaban J connectivity index is 1.73. The van der Waals surface area contributed by atoms with E-state index < -0.39 is 21.5 Å². The minimum absolute atomic E-state index is 0.0182. The summed E-state index contributed by atoms with van der Waals surface area (Å²) < 4.78 is 29.5. The number of rotatable bonds is 5. The topological polar surface area (TPSA) is 108 Å². The Morgan fingerprint density at radius 3 is 2.47 bits per heavy atom. The second kappa shape index (κ2) is 9.30. The third-order valence-electron chi connectivity index (χ3n) is 4.94. The number of fused-ring (bicyclic) bond motifs is 1. The number of anilines is 2. The molecule has 2 aliphatic rings. The van der Waals surface area contributed by atoms with Gasteiger partial charge in [0.1, 0.15) is 5.60 Å². The van der Waals surface area contributed by atoms with Crippen molar-refractivity contribution in [3.05, 3.63) is 24.3 Å². The molecular weight excluding hydrogens is 452 g/mol. The van der Waals surface area contributed by atoms with E-state index in [2.05, 4.69) is 10.3 Å². The number of amidine groups is 1.